The van der Waals surface area contributed by atoms with Gasteiger partial charge in [0.1, 0.15) is 17.5 Å². The van der Waals surface area contributed by atoms with E-state index in [1.54, 1.807) is 24.0 Å². The Morgan fingerprint density at radius 2 is 1.93 bits per heavy atom. The molecule has 0 bridgehead atoms. The van der Waals surface area contributed by atoms with Crippen molar-refractivity contribution in [1.82, 2.24) is 19.0 Å². The first-order valence-corrected chi connectivity index (χ1v) is 10.6. The molecule has 1 saturated heterocycles. The van der Waals surface area contributed by atoms with Gasteiger partial charge >= 0.3 is 0 Å². The molecule has 0 unspecified atom stereocenters. The first kappa shape index (κ1) is 18.4. The van der Waals surface area contributed by atoms with Gasteiger partial charge in [-0.25, -0.2) is 0 Å². The second-order valence-electron chi connectivity index (χ2n) is 8.48. The van der Waals surface area contributed by atoms with Crippen molar-refractivity contribution in [3.8, 4) is 5.75 Å². The van der Waals surface area contributed by atoms with Crippen molar-refractivity contribution in [1.29, 1.82) is 0 Å². The van der Waals surface area contributed by atoms with Crippen molar-refractivity contribution in [3.63, 3.8) is 0 Å². The average Bonchev–Trinajstić information content (AvgIpc) is 3.45. The number of rotatable bonds is 6. The van der Waals surface area contributed by atoms with Crippen LogP contribution in [-0.4, -0.2) is 38.2 Å². The van der Waals surface area contributed by atoms with Crippen molar-refractivity contribution in [2.75, 3.05) is 13.1 Å². The summed E-state index contributed by atoms with van der Waals surface area (Å²) in [6.45, 7) is 3.57. The molecule has 3 aromatic rings. The van der Waals surface area contributed by atoms with Gasteiger partial charge < -0.3 is 13.9 Å². The quantitative estimate of drug-likeness (QED) is 0.647. The molecule has 2 aromatic heterocycles. The molecule has 29 heavy (non-hydrogen) atoms. The maximum Gasteiger partial charge on any atom is 0.273 e. The average molecular weight is 393 g/mol. The van der Waals surface area contributed by atoms with Crippen LogP contribution in [0.15, 0.2) is 47.7 Å². The Morgan fingerprint density at radius 3 is 2.72 bits per heavy atom. The maximum absolute atomic E-state index is 12.2. The van der Waals surface area contributed by atoms with E-state index in [1.807, 2.05) is 0 Å². The minimum atomic E-state index is -0.00624. The minimum Gasteiger partial charge on any atom is -0.490 e. The predicted molar refractivity (Wildman–Crippen MR) is 113 cm³/mol. The van der Waals surface area contributed by atoms with E-state index in [9.17, 15) is 4.79 Å². The topological polar surface area (TPSA) is 52.3 Å². The Hall–Kier alpha value is -2.60. The van der Waals surface area contributed by atoms with Crippen LogP contribution < -0.4 is 10.3 Å². The number of hydrogen-bond donors (Lipinski definition) is 0. The van der Waals surface area contributed by atoms with E-state index in [1.165, 1.54) is 23.7 Å². The van der Waals surface area contributed by atoms with Crippen LogP contribution >= 0.6 is 0 Å². The van der Waals surface area contributed by atoms with Gasteiger partial charge in [-0.1, -0.05) is 6.07 Å². The van der Waals surface area contributed by atoms with E-state index in [0.717, 1.165) is 44.1 Å². The van der Waals surface area contributed by atoms with Crippen LogP contribution in [0.25, 0.3) is 10.9 Å². The van der Waals surface area contributed by atoms with Crippen molar-refractivity contribution in [2.45, 2.75) is 44.9 Å². The summed E-state index contributed by atoms with van der Waals surface area (Å²) in [6.07, 6.45) is 10.5. The largest absolute Gasteiger partial charge is 0.490 e. The molecule has 1 aromatic carbocycles. The van der Waals surface area contributed by atoms with E-state index >= 15 is 0 Å². The molecule has 0 spiro atoms. The van der Waals surface area contributed by atoms with Gasteiger partial charge in [0, 0.05) is 57.2 Å². The number of hydrogen-bond acceptors (Lipinski definition) is 4. The molecule has 0 amide bonds. The minimum absolute atomic E-state index is 0.00624. The van der Waals surface area contributed by atoms with Gasteiger partial charge in [-0.3, -0.25) is 14.7 Å². The van der Waals surface area contributed by atoms with Crippen molar-refractivity contribution in [3.05, 3.63) is 58.9 Å². The molecular weight excluding hydrogens is 364 g/mol. The van der Waals surface area contributed by atoms with Gasteiger partial charge in [-0.15, -0.1) is 0 Å². The van der Waals surface area contributed by atoms with Crippen molar-refractivity contribution < 1.29 is 4.74 Å². The molecule has 1 aliphatic carbocycles. The van der Waals surface area contributed by atoms with E-state index in [0.29, 0.717) is 12.2 Å². The lowest BCUT2D eigenvalue weighted by molar-refractivity contribution is 0.0969. The van der Waals surface area contributed by atoms with Gasteiger partial charge in [0.15, 0.2) is 0 Å². The standard InChI is InChI=1S/C23H28N4O2/c1-25-14-10-24-20(23(25)28)16-26-11-7-18(8-12-26)29-22-4-2-3-21-19(22)9-13-27(21)15-17-5-6-17/h2-4,9-10,13-14,17-18H,5-8,11-12,15-16H2,1H3. The smallest absolute Gasteiger partial charge is 0.273 e. The van der Waals surface area contributed by atoms with Gasteiger partial charge in [0.05, 0.1) is 5.52 Å². The summed E-state index contributed by atoms with van der Waals surface area (Å²) in [7, 11) is 1.77. The molecule has 0 radical (unpaired) electrons. The Bertz CT molecular complexity index is 1060. The highest BCUT2D eigenvalue weighted by Gasteiger charge is 2.24. The van der Waals surface area contributed by atoms with E-state index < -0.39 is 0 Å². The molecule has 6 heteroatoms. The molecule has 3 heterocycles. The first-order chi connectivity index (χ1) is 14.2. The molecule has 0 N–H and O–H groups in total. The Balaban J connectivity index is 1.22. The maximum atomic E-state index is 12.2. The Labute approximate surface area is 170 Å². The summed E-state index contributed by atoms with van der Waals surface area (Å²) < 4.78 is 10.4. The zero-order valence-electron chi connectivity index (χ0n) is 17.0. The third kappa shape index (κ3) is 3.94. The third-order valence-corrected chi connectivity index (χ3v) is 6.21. The normalized spacial score (nSPS) is 18.4. The lowest BCUT2D eigenvalue weighted by Crippen LogP contribution is -2.39. The SMILES string of the molecule is Cn1ccnc(CN2CCC(Oc3cccc4c3ccn4CC3CC3)CC2)c1=O. The number of nitrogens with zero attached hydrogens (tertiary/aromatic N) is 4. The van der Waals surface area contributed by atoms with Crippen molar-refractivity contribution >= 4 is 10.9 Å². The van der Waals surface area contributed by atoms with Crippen LogP contribution in [-0.2, 0) is 20.1 Å². The molecule has 6 nitrogen and oxygen atoms in total. The third-order valence-electron chi connectivity index (χ3n) is 6.21. The molecule has 5 rings (SSSR count). The summed E-state index contributed by atoms with van der Waals surface area (Å²) in [4.78, 5) is 18.8. The summed E-state index contributed by atoms with van der Waals surface area (Å²) >= 11 is 0. The molecule has 152 valence electrons. The Kier molecular flexibility index (Phi) is 4.87. The van der Waals surface area contributed by atoms with Crippen LogP contribution in [0.2, 0.25) is 0 Å². The predicted octanol–water partition coefficient (Wildman–Crippen LogP) is 3.19. The van der Waals surface area contributed by atoms with Gasteiger partial charge in [0.2, 0.25) is 0 Å². The monoisotopic (exact) mass is 392 g/mol. The fourth-order valence-electron chi connectivity index (χ4n) is 4.27. The second kappa shape index (κ2) is 7.67. The van der Waals surface area contributed by atoms with Gasteiger partial charge in [0.25, 0.3) is 5.56 Å². The lowest BCUT2D eigenvalue weighted by Gasteiger charge is -2.31. The number of fused-ring (bicyclic) bond motifs is 1. The number of aromatic nitrogens is 3. The highest BCUT2D eigenvalue weighted by Crippen LogP contribution is 2.34. The van der Waals surface area contributed by atoms with Crippen LogP contribution in [0.3, 0.4) is 0 Å². The number of ether oxygens (including phenoxy) is 1. The van der Waals surface area contributed by atoms with E-state index in [4.69, 9.17) is 4.74 Å². The summed E-state index contributed by atoms with van der Waals surface area (Å²) in [6, 6.07) is 8.58. The highest BCUT2D eigenvalue weighted by atomic mass is 16.5. The molecule has 2 fully saturated rings. The zero-order chi connectivity index (χ0) is 19.8. The summed E-state index contributed by atoms with van der Waals surface area (Å²) in [5.41, 5.74) is 1.89. The highest BCUT2D eigenvalue weighted by molar-refractivity contribution is 5.86. The molecule has 0 atom stereocenters. The number of benzene rings is 1. The Morgan fingerprint density at radius 1 is 1.10 bits per heavy atom. The van der Waals surface area contributed by atoms with E-state index in [-0.39, 0.29) is 11.7 Å². The fraction of sp³-hybridized carbons (Fsp3) is 0.478. The molecule has 1 aliphatic heterocycles. The van der Waals surface area contributed by atoms with Crippen LogP contribution in [0.1, 0.15) is 31.4 Å². The van der Waals surface area contributed by atoms with Gasteiger partial charge in [-0.2, -0.15) is 0 Å². The number of piperidine rings is 1. The van der Waals surface area contributed by atoms with Gasteiger partial charge in [-0.05, 0) is 49.8 Å². The molecular formula is C23H28N4O2. The summed E-state index contributed by atoms with van der Waals surface area (Å²) in [5.74, 6) is 1.85. The second-order valence-corrected chi connectivity index (χ2v) is 8.48. The fourth-order valence-corrected chi connectivity index (χ4v) is 4.27. The number of likely N-dealkylation sites (tertiary alicyclic amines) is 1. The first-order valence-electron chi connectivity index (χ1n) is 10.6. The molecule has 1 saturated carbocycles. The van der Waals surface area contributed by atoms with Crippen LogP contribution in [0, 0.1) is 5.92 Å². The molecule has 2 aliphatic rings. The van der Waals surface area contributed by atoms with E-state index in [2.05, 4.69) is 44.9 Å². The van der Waals surface area contributed by atoms with Crippen molar-refractivity contribution in [2.24, 2.45) is 13.0 Å². The van der Waals surface area contributed by atoms with Crippen LogP contribution in [0.4, 0.5) is 0 Å². The lowest BCUT2D eigenvalue weighted by atomic mass is 10.1. The summed E-state index contributed by atoms with van der Waals surface area (Å²) in [5, 5.41) is 1.22. The van der Waals surface area contributed by atoms with Crippen LogP contribution in [0.5, 0.6) is 5.75 Å². The zero-order valence-corrected chi connectivity index (χ0v) is 17.0. The number of aryl methyl sites for hydroxylation is 1.